The number of nitrogens with zero attached hydrogens (tertiary/aromatic N) is 7. The number of piperidine rings is 2. The van der Waals surface area contributed by atoms with Crippen LogP contribution in [0.15, 0.2) is 19.0 Å². The number of ether oxygens (including phenoxy) is 1. The fourth-order valence-electron chi connectivity index (χ4n) is 11.4. The molecule has 2 aliphatic heterocycles. The maximum absolute atomic E-state index is 13.7. The maximum Gasteiger partial charge on any atom is 0.316 e. The minimum atomic E-state index is -0.684. The van der Waals surface area contributed by atoms with Crippen molar-refractivity contribution in [1.29, 1.82) is 0 Å². The summed E-state index contributed by atoms with van der Waals surface area (Å²) < 4.78 is 8.37. The summed E-state index contributed by atoms with van der Waals surface area (Å²) in [6.07, 6.45) is 9.97. The number of aliphatic hydroxyl groups excluding tert-OH is 1. The Morgan fingerprint density at radius 2 is 1.80 bits per heavy atom. The lowest BCUT2D eigenvalue weighted by atomic mass is 9.44. The quantitative estimate of drug-likeness (QED) is 0.247. The Morgan fingerprint density at radius 1 is 1.09 bits per heavy atom. The zero-order valence-electron chi connectivity index (χ0n) is 34.4. The Kier molecular flexibility index (Phi) is 11.6. The Hall–Kier alpha value is -3.23. The minimum Gasteiger partial charge on any atom is -0.461 e. The first-order valence-corrected chi connectivity index (χ1v) is 22.0. The molecular formula is C42H64N8O5S. The number of imidazole rings is 1. The van der Waals surface area contributed by atoms with E-state index in [9.17, 15) is 19.5 Å². The molecule has 1 amide bonds. The predicted molar refractivity (Wildman–Crippen MR) is 220 cm³/mol. The van der Waals surface area contributed by atoms with Gasteiger partial charge in [-0.25, -0.2) is 4.98 Å². The summed E-state index contributed by atoms with van der Waals surface area (Å²) in [5, 5.41) is 12.0. The molecule has 14 heteroatoms. The van der Waals surface area contributed by atoms with Crippen LogP contribution in [0, 0.1) is 34.0 Å². The first-order valence-electron chi connectivity index (χ1n) is 20.9. The lowest BCUT2D eigenvalue weighted by Crippen LogP contribution is -2.63. The van der Waals surface area contributed by atoms with Gasteiger partial charge < -0.3 is 34.8 Å². The number of aryl methyl sites for hydroxylation is 1. The standard InChI is InChI=1S/C42H64N8O5S/c1-8-40(4)23-31(41(5)26(2)9-16-42(27(3)36(40)54)17-10-30(51)35(41)42)55-33(53)24-56-29-13-20-48(21-14-29)32(52)15-22-50-25-44-34-37(45-39(43)46-38(34)50)49-18-11-28(12-19-49)47(6)7/h8,25-29,31,35-36,54H,1,9-24H2,2-7H3,(H2,43,45,46)/t26-,27+,31-,35-,36+,40-,41+,42+/m1/s1. The molecule has 3 N–H and O–H groups in total. The Morgan fingerprint density at radius 3 is 2.48 bits per heavy atom. The van der Waals surface area contributed by atoms with Gasteiger partial charge in [0.05, 0.1) is 18.2 Å². The van der Waals surface area contributed by atoms with Crippen molar-refractivity contribution in [1.82, 2.24) is 29.3 Å². The van der Waals surface area contributed by atoms with E-state index in [1.54, 1.807) is 18.1 Å². The summed E-state index contributed by atoms with van der Waals surface area (Å²) in [6.45, 7) is 16.1. The molecule has 3 saturated carbocycles. The van der Waals surface area contributed by atoms with E-state index in [4.69, 9.17) is 10.5 Å². The van der Waals surface area contributed by atoms with E-state index < -0.39 is 23.0 Å². The number of Topliss-reactive ketones (excluding diaryl/α,β-unsaturated/α-hetero) is 1. The second-order valence-electron chi connectivity index (χ2n) is 18.4. The van der Waals surface area contributed by atoms with Gasteiger partial charge in [-0.15, -0.1) is 18.3 Å². The number of carbonyl (C=O) groups excluding carboxylic acids is 3. The molecule has 4 heterocycles. The third-order valence-corrected chi connectivity index (χ3v) is 16.7. The fourth-order valence-corrected chi connectivity index (χ4v) is 12.4. The van der Waals surface area contributed by atoms with Crippen molar-refractivity contribution >= 4 is 52.4 Å². The highest BCUT2D eigenvalue weighted by Crippen LogP contribution is 2.68. The third-order valence-electron chi connectivity index (χ3n) is 15.3. The van der Waals surface area contributed by atoms with E-state index in [-0.39, 0.29) is 57.8 Å². The first-order chi connectivity index (χ1) is 26.6. The van der Waals surface area contributed by atoms with Gasteiger partial charge in [0.25, 0.3) is 0 Å². The number of carbonyl (C=O) groups is 3. The molecule has 2 aromatic rings. The van der Waals surface area contributed by atoms with Crippen molar-refractivity contribution in [2.75, 3.05) is 56.7 Å². The number of rotatable bonds is 10. The van der Waals surface area contributed by atoms with Crippen LogP contribution in [0.3, 0.4) is 0 Å². The van der Waals surface area contributed by atoms with Crippen LogP contribution >= 0.6 is 11.8 Å². The number of fused-ring (bicyclic) bond motifs is 1. The molecule has 13 nitrogen and oxygen atoms in total. The van der Waals surface area contributed by atoms with Crippen LogP contribution in [-0.2, 0) is 25.7 Å². The summed E-state index contributed by atoms with van der Waals surface area (Å²) >= 11 is 1.60. The summed E-state index contributed by atoms with van der Waals surface area (Å²) in [6, 6.07) is 0.543. The van der Waals surface area contributed by atoms with Gasteiger partial charge in [-0.2, -0.15) is 9.97 Å². The molecule has 0 radical (unpaired) electrons. The summed E-state index contributed by atoms with van der Waals surface area (Å²) in [7, 11) is 4.24. The largest absolute Gasteiger partial charge is 0.461 e. The maximum atomic E-state index is 13.7. The van der Waals surface area contributed by atoms with Crippen LogP contribution in [0.1, 0.15) is 91.9 Å². The smallest absolute Gasteiger partial charge is 0.316 e. The van der Waals surface area contributed by atoms with Crippen LogP contribution in [0.25, 0.3) is 11.2 Å². The molecule has 7 rings (SSSR count). The fraction of sp³-hybridized carbons (Fsp3) is 0.762. The van der Waals surface area contributed by atoms with Crippen LogP contribution in [0.2, 0.25) is 0 Å². The van der Waals surface area contributed by atoms with Crippen molar-refractivity contribution in [3.63, 3.8) is 0 Å². The molecule has 308 valence electrons. The van der Waals surface area contributed by atoms with E-state index in [0.717, 1.165) is 63.9 Å². The van der Waals surface area contributed by atoms with Crippen molar-refractivity contribution in [3.8, 4) is 0 Å². The Labute approximate surface area is 336 Å². The molecule has 5 fully saturated rings. The number of amides is 1. The van der Waals surface area contributed by atoms with Gasteiger partial charge in [-0.3, -0.25) is 14.4 Å². The van der Waals surface area contributed by atoms with E-state index in [1.807, 2.05) is 22.5 Å². The van der Waals surface area contributed by atoms with Gasteiger partial charge in [-0.05, 0) is 82.7 Å². The topological polar surface area (TPSA) is 160 Å². The summed E-state index contributed by atoms with van der Waals surface area (Å²) in [4.78, 5) is 61.0. The number of aromatic nitrogens is 4. The highest BCUT2D eigenvalue weighted by molar-refractivity contribution is 8.00. The van der Waals surface area contributed by atoms with Gasteiger partial charge in [0.2, 0.25) is 11.9 Å². The van der Waals surface area contributed by atoms with Crippen LogP contribution < -0.4 is 10.6 Å². The van der Waals surface area contributed by atoms with Crippen molar-refractivity contribution in [2.45, 2.75) is 122 Å². The average Bonchev–Trinajstić information content (AvgIpc) is 3.77. The minimum absolute atomic E-state index is 0.0620. The number of likely N-dealkylation sites (tertiary alicyclic amines) is 1. The second kappa shape index (κ2) is 15.8. The van der Waals surface area contributed by atoms with Gasteiger partial charge in [-0.1, -0.05) is 33.8 Å². The highest BCUT2D eigenvalue weighted by Gasteiger charge is 2.68. The molecule has 0 aromatic carbocycles. The normalized spacial score (nSPS) is 34.4. The molecular weight excluding hydrogens is 729 g/mol. The lowest BCUT2D eigenvalue weighted by molar-refractivity contribution is -0.205. The molecule has 0 unspecified atom stereocenters. The lowest BCUT2D eigenvalue weighted by Gasteiger charge is -2.61. The van der Waals surface area contributed by atoms with Crippen molar-refractivity contribution in [3.05, 3.63) is 19.0 Å². The number of ketones is 1. The van der Waals surface area contributed by atoms with Gasteiger partial charge in [0, 0.05) is 73.6 Å². The number of anilines is 2. The second-order valence-corrected chi connectivity index (χ2v) is 19.7. The number of nitrogen functional groups attached to an aromatic ring is 1. The van der Waals surface area contributed by atoms with E-state index in [0.29, 0.717) is 56.1 Å². The number of esters is 1. The SMILES string of the molecule is C=C[C@]1(C)C[C@@H](OC(=O)CSC2CCN(C(=O)CCn3cnc4c(N5CCC(N(C)C)CC5)nc(N)nc43)CC2)[C@]2(C)[C@H](C)CC[C@]3(CCC(=O)[C@@H]32)[C@@H](C)[C@@H]1O. The number of hydrogen-bond donors (Lipinski definition) is 2. The molecule has 56 heavy (non-hydrogen) atoms. The van der Waals surface area contributed by atoms with E-state index >= 15 is 0 Å². The van der Waals surface area contributed by atoms with Crippen LogP contribution in [-0.4, -0.2) is 122 Å². The van der Waals surface area contributed by atoms with E-state index in [1.165, 1.54) is 0 Å². The van der Waals surface area contributed by atoms with E-state index in [2.05, 4.69) is 66.2 Å². The van der Waals surface area contributed by atoms with Crippen LogP contribution in [0.5, 0.6) is 0 Å². The van der Waals surface area contributed by atoms with Crippen molar-refractivity contribution < 1.29 is 24.2 Å². The molecule has 2 aromatic heterocycles. The Balaban J connectivity index is 0.930. The molecule has 2 saturated heterocycles. The average molecular weight is 793 g/mol. The molecule has 8 atom stereocenters. The molecule has 2 bridgehead atoms. The number of aliphatic hydroxyl groups is 1. The highest BCUT2D eigenvalue weighted by atomic mass is 32.2. The molecule has 0 spiro atoms. The Bertz CT molecular complexity index is 1810. The van der Waals surface area contributed by atoms with Gasteiger partial charge >= 0.3 is 5.97 Å². The first kappa shape index (κ1) is 40.9. The van der Waals surface area contributed by atoms with Gasteiger partial charge in [0.15, 0.2) is 17.0 Å². The molecule has 3 aliphatic carbocycles. The van der Waals surface area contributed by atoms with Crippen molar-refractivity contribution in [2.24, 2.45) is 34.0 Å². The summed E-state index contributed by atoms with van der Waals surface area (Å²) in [5.74, 6) is 1.13. The third kappa shape index (κ3) is 7.24. The monoisotopic (exact) mass is 792 g/mol. The molecule has 5 aliphatic rings. The van der Waals surface area contributed by atoms with Gasteiger partial charge in [0.1, 0.15) is 11.9 Å². The zero-order valence-corrected chi connectivity index (χ0v) is 35.2. The number of nitrogens with two attached hydrogens (primary N) is 1. The number of hydrogen-bond acceptors (Lipinski definition) is 12. The summed E-state index contributed by atoms with van der Waals surface area (Å²) in [5.41, 5.74) is 6.06. The predicted octanol–water partition coefficient (Wildman–Crippen LogP) is 4.96. The van der Waals surface area contributed by atoms with Crippen LogP contribution in [0.4, 0.5) is 11.8 Å². The number of thioether (sulfide) groups is 1. The zero-order chi connectivity index (χ0) is 40.2.